The number of anilines is 2. The van der Waals surface area contributed by atoms with Gasteiger partial charge in [0.05, 0.1) is 22.4 Å². The second kappa shape index (κ2) is 11.2. The third kappa shape index (κ3) is 5.73. The highest BCUT2D eigenvalue weighted by Crippen LogP contribution is 2.36. The molecule has 1 aliphatic heterocycles. The molecule has 1 heterocycles. The Morgan fingerprint density at radius 3 is 2.33 bits per heavy atom. The molecule has 0 saturated carbocycles. The molecule has 8 nitrogen and oxygen atoms in total. The van der Waals surface area contributed by atoms with Crippen molar-refractivity contribution in [3.8, 4) is 6.07 Å². The first-order valence-corrected chi connectivity index (χ1v) is 12.3. The Hall–Kier alpha value is -5.55. The van der Waals surface area contributed by atoms with E-state index in [-0.39, 0.29) is 23.0 Å². The van der Waals surface area contributed by atoms with E-state index in [4.69, 9.17) is 5.10 Å². The van der Waals surface area contributed by atoms with Gasteiger partial charge in [0.15, 0.2) is 0 Å². The van der Waals surface area contributed by atoms with Gasteiger partial charge in [-0.2, -0.15) is 10.4 Å². The first kappa shape index (κ1) is 25.1. The van der Waals surface area contributed by atoms with Crippen LogP contribution in [0.4, 0.5) is 17.1 Å². The molecular formula is C31H23N5O3. The van der Waals surface area contributed by atoms with Crippen LogP contribution in [0.5, 0.6) is 0 Å². The van der Waals surface area contributed by atoms with Crippen LogP contribution in [-0.4, -0.2) is 16.5 Å². The number of hydrogen-bond acceptors (Lipinski definition) is 6. The molecule has 8 heteroatoms. The summed E-state index contributed by atoms with van der Waals surface area (Å²) in [5.41, 5.74) is 4.73. The highest BCUT2D eigenvalue weighted by Gasteiger charge is 2.29. The maximum absolute atomic E-state index is 12.7. The molecule has 190 valence electrons. The van der Waals surface area contributed by atoms with E-state index >= 15 is 0 Å². The summed E-state index contributed by atoms with van der Waals surface area (Å²) in [5.74, 6) is -0.650. The average molecular weight is 514 g/mol. The highest BCUT2D eigenvalue weighted by atomic mass is 16.6. The van der Waals surface area contributed by atoms with Crippen LogP contribution in [-0.2, 0) is 4.79 Å². The molecule has 1 unspecified atom stereocenters. The summed E-state index contributed by atoms with van der Waals surface area (Å²) in [6.45, 7) is 0. The molecule has 0 bridgehead atoms. The van der Waals surface area contributed by atoms with Crippen molar-refractivity contribution in [1.82, 2.24) is 0 Å². The van der Waals surface area contributed by atoms with Crippen molar-refractivity contribution < 1.29 is 9.72 Å². The molecule has 0 saturated heterocycles. The Morgan fingerprint density at radius 1 is 0.974 bits per heavy atom. The number of nitrogens with zero attached hydrogens (tertiary/aromatic N) is 4. The SMILES string of the molecule is N#CC(=Cc1ccc(N2N=C(c3ccccc3)CC2c2ccccc2)cc1)C(=O)Nc1cccc([N+](=O)[O-])c1. The first-order chi connectivity index (χ1) is 19.0. The fourth-order valence-corrected chi connectivity index (χ4v) is 4.42. The monoisotopic (exact) mass is 513 g/mol. The maximum atomic E-state index is 12.7. The molecule has 0 fully saturated rings. The van der Waals surface area contributed by atoms with Gasteiger partial charge in [0.25, 0.3) is 11.6 Å². The molecular weight excluding hydrogens is 490 g/mol. The van der Waals surface area contributed by atoms with Gasteiger partial charge in [-0.15, -0.1) is 0 Å². The van der Waals surface area contributed by atoms with Crippen molar-refractivity contribution in [2.45, 2.75) is 12.5 Å². The number of nitrogens with one attached hydrogen (secondary N) is 1. The van der Waals surface area contributed by atoms with Gasteiger partial charge in [-0.25, -0.2) is 0 Å². The number of hydrazone groups is 1. The minimum absolute atomic E-state index is 0.0261. The molecule has 4 aromatic rings. The number of benzene rings is 4. The van der Waals surface area contributed by atoms with Crippen LogP contribution in [0.2, 0.25) is 0 Å². The quantitative estimate of drug-likeness (QED) is 0.131. The largest absolute Gasteiger partial charge is 0.321 e. The van der Waals surface area contributed by atoms with Crippen molar-refractivity contribution in [3.05, 3.63) is 142 Å². The smallest absolute Gasteiger partial charge is 0.271 e. The number of hydrogen-bond donors (Lipinski definition) is 1. The van der Waals surface area contributed by atoms with Gasteiger partial charge in [-0.3, -0.25) is 19.9 Å². The predicted molar refractivity (Wildman–Crippen MR) is 151 cm³/mol. The topological polar surface area (TPSA) is 112 Å². The lowest BCUT2D eigenvalue weighted by Crippen LogP contribution is -2.18. The second-order valence-electron chi connectivity index (χ2n) is 8.91. The Bertz CT molecular complexity index is 1610. The molecule has 1 amide bonds. The fourth-order valence-electron chi connectivity index (χ4n) is 4.42. The van der Waals surface area contributed by atoms with E-state index in [1.54, 1.807) is 0 Å². The van der Waals surface area contributed by atoms with E-state index in [2.05, 4.69) is 29.6 Å². The first-order valence-electron chi connectivity index (χ1n) is 12.3. The average Bonchev–Trinajstić information content (AvgIpc) is 3.43. The molecule has 1 aliphatic rings. The van der Waals surface area contributed by atoms with E-state index < -0.39 is 10.8 Å². The van der Waals surface area contributed by atoms with Crippen LogP contribution in [0.25, 0.3) is 6.08 Å². The number of rotatable bonds is 7. The third-order valence-corrected chi connectivity index (χ3v) is 6.35. The van der Waals surface area contributed by atoms with Crippen LogP contribution in [0.15, 0.2) is 120 Å². The summed E-state index contributed by atoms with van der Waals surface area (Å²) >= 11 is 0. The summed E-state index contributed by atoms with van der Waals surface area (Å²) < 4.78 is 0. The van der Waals surface area contributed by atoms with Gasteiger partial charge in [0, 0.05) is 24.2 Å². The number of nitro benzene ring substituents is 1. The lowest BCUT2D eigenvalue weighted by Gasteiger charge is -2.24. The van der Waals surface area contributed by atoms with E-state index in [1.807, 2.05) is 71.7 Å². The Labute approximate surface area is 225 Å². The van der Waals surface area contributed by atoms with Gasteiger partial charge in [0.1, 0.15) is 11.6 Å². The van der Waals surface area contributed by atoms with Crippen LogP contribution in [0.1, 0.15) is 29.2 Å². The summed E-state index contributed by atoms with van der Waals surface area (Å²) in [5, 5.41) is 30.1. The molecule has 39 heavy (non-hydrogen) atoms. The standard InChI is InChI=1S/C31H23N5O3/c32-21-25(31(37)33-26-12-7-13-28(19-26)36(38)39)18-22-14-16-27(17-15-22)35-30(24-10-5-2-6-11-24)20-29(34-35)23-8-3-1-4-9-23/h1-19,30H,20H2,(H,33,37). The fraction of sp³-hybridized carbons (Fsp3) is 0.0645. The minimum atomic E-state index is -0.650. The van der Waals surface area contributed by atoms with E-state index in [9.17, 15) is 20.2 Å². The highest BCUT2D eigenvalue weighted by molar-refractivity contribution is 6.09. The minimum Gasteiger partial charge on any atom is -0.321 e. The summed E-state index contributed by atoms with van der Waals surface area (Å²) in [6.07, 6.45) is 2.24. The van der Waals surface area contributed by atoms with Gasteiger partial charge in [-0.05, 0) is 41.0 Å². The Kier molecular flexibility index (Phi) is 7.23. The van der Waals surface area contributed by atoms with Crippen molar-refractivity contribution in [2.75, 3.05) is 10.3 Å². The number of amides is 1. The van der Waals surface area contributed by atoms with Gasteiger partial charge in [-0.1, -0.05) is 78.9 Å². The zero-order valence-electron chi connectivity index (χ0n) is 20.8. The molecule has 0 aliphatic carbocycles. The Morgan fingerprint density at radius 2 is 1.67 bits per heavy atom. The van der Waals surface area contributed by atoms with Gasteiger partial charge < -0.3 is 5.32 Å². The molecule has 0 aromatic heterocycles. The predicted octanol–water partition coefficient (Wildman–Crippen LogP) is 6.50. The number of nitriles is 1. The maximum Gasteiger partial charge on any atom is 0.271 e. The van der Waals surface area contributed by atoms with Gasteiger partial charge >= 0.3 is 0 Å². The van der Waals surface area contributed by atoms with Crippen LogP contribution >= 0.6 is 0 Å². The molecule has 0 radical (unpaired) electrons. The van der Waals surface area contributed by atoms with E-state index in [1.165, 1.54) is 30.3 Å². The zero-order chi connectivity index (χ0) is 27.2. The third-order valence-electron chi connectivity index (χ3n) is 6.35. The number of carbonyl (C=O) groups excluding carboxylic acids is 1. The van der Waals surface area contributed by atoms with Crippen LogP contribution in [0, 0.1) is 21.4 Å². The molecule has 5 rings (SSSR count). The van der Waals surface area contributed by atoms with Crippen molar-refractivity contribution in [2.24, 2.45) is 5.10 Å². The second-order valence-corrected chi connectivity index (χ2v) is 8.91. The van der Waals surface area contributed by atoms with Crippen molar-refractivity contribution in [1.29, 1.82) is 5.26 Å². The Balaban J connectivity index is 1.38. The zero-order valence-corrected chi connectivity index (χ0v) is 20.8. The van der Waals surface area contributed by atoms with Crippen LogP contribution in [0.3, 0.4) is 0 Å². The molecule has 1 atom stereocenters. The summed E-state index contributed by atoms with van der Waals surface area (Å²) in [4.78, 5) is 23.1. The molecule has 0 spiro atoms. The summed E-state index contributed by atoms with van der Waals surface area (Å²) in [7, 11) is 0. The number of carbonyl (C=O) groups is 1. The van der Waals surface area contributed by atoms with E-state index in [0.717, 1.165) is 28.9 Å². The molecule has 1 N–H and O–H groups in total. The molecule has 4 aromatic carbocycles. The normalized spacial score (nSPS) is 14.8. The van der Waals surface area contributed by atoms with E-state index in [0.29, 0.717) is 5.56 Å². The van der Waals surface area contributed by atoms with Crippen molar-refractivity contribution in [3.63, 3.8) is 0 Å². The van der Waals surface area contributed by atoms with Gasteiger partial charge in [0.2, 0.25) is 0 Å². The summed E-state index contributed by atoms with van der Waals surface area (Å²) in [6, 6.07) is 35.3. The number of non-ortho nitro benzene ring substituents is 1. The van der Waals surface area contributed by atoms with Crippen molar-refractivity contribution >= 4 is 34.8 Å². The number of nitro groups is 1. The lowest BCUT2D eigenvalue weighted by molar-refractivity contribution is -0.384. The van der Waals surface area contributed by atoms with Crippen LogP contribution < -0.4 is 10.3 Å². The lowest BCUT2D eigenvalue weighted by atomic mass is 9.98.